The number of phenols is 1. The number of anilines is 3. The number of phenolic OH excluding ortho intramolecular Hbond substituents is 1. The summed E-state index contributed by atoms with van der Waals surface area (Å²) in [6.07, 6.45) is 8.22. The van der Waals surface area contributed by atoms with E-state index < -0.39 is 16.4 Å². The van der Waals surface area contributed by atoms with Crippen molar-refractivity contribution in [2.45, 2.75) is 38.5 Å². The summed E-state index contributed by atoms with van der Waals surface area (Å²) >= 11 is 0. The molecule has 2 saturated heterocycles. The molecule has 0 aliphatic carbocycles. The Hall–Kier alpha value is -3.70. The molecule has 12 nitrogen and oxygen atoms in total. The van der Waals surface area contributed by atoms with E-state index in [1.807, 2.05) is 0 Å². The largest absolute Gasteiger partial charge is 0.500 e. The molecule has 176 valence electrons. The van der Waals surface area contributed by atoms with Gasteiger partial charge in [0, 0.05) is 37.8 Å². The van der Waals surface area contributed by atoms with Crippen molar-refractivity contribution in [2.24, 2.45) is 5.10 Å². The van der Waals surface area contributed by atoms with Crippen molar-refractivity contribution in [3.8, 4) is 11.5 Å². The number of hydrogen-bond donors (Lipinski definition) is 2. The maximum absolute atomic E-state index is 11.2. The Bertz CT molecular complexity index is 983. The summed E-state index contributed by atoms with van der Waals surface area (Å²) in [6.45, 7) is 3.62. The van der Waals surface area contributed by atoms with Crippen LogP contribution >= 0.6 is 0 Å². The third-order valence-electron chi connectivity index (χ3n) is 5.76. The average molecular weight is 457 g/mol. The van der Waals surface area contributed by atoms with Crippen LogP contribution in [0.1, 0.15) is 44.1 Å². The van der Waals surface area contributed by atoms with Crippen LogP contribution in [0.15, 0.2) is 17.2 Å². The van der Waals surface area contributed by atoms with Crippen LogP contribution in [0, 0.1) is 10.1 Å². The van der Waals surface area contributed by atoms with E-state index in [4.69, 9.17) is 9.72 Å². The van der Waals surface area contributed by atoms with Crippen LogP contribution in [0.2, 0.25) is 0 Å². The van der Waals surface area contributed by atoms with Crippen molar-refractivity contribution in [1.82, 2.24) is 15.0 Å². The maximum Gasteiger partial charge on any atom is 0.315 e. The molecule has 0 saturated carbocycles. The topological polar surface area (TPSA) is 142 Å². The molecule has 1 aromatic carbocycles. The number of nitrogens with one attached hydrogen (secondary N) is 1. The molecular weight excluding hydrogens is 428 g/mol. The van der Waals surface area contributed by atoms with Gasteiger partial charge in [-0.2, -0.15) is 20.1 Å². The maximum atomic E-state index is 11.2. The molecule has 33 heavy (non-hydrogen) atoms. The SMILES string of the molecule is COc1cc(C=NNc2nc(N3CCCCC3)nc(N3CCCCC3)n2)cc([N+](=O)[O-])c1O. The van der Waals surface area contributed by atoms with Crippen molar-refractivity contribution in [3.63, 3.8) is 0 Å². The minimum atomic E-state index is -0.676. The highest BCUT2D eigenvalue weighted by Crippen LogP contribution is 2.36. The lowest BCUT2D eigenvalue weighted by Crippen LogP contribution is -2.34. The Morgan fingerprint density at radius 3 is 2.12 bits per heavy atom. The fourth-order valence-corrected chi connectivity index (χ4v) is 4.02. The Kier molecular flexibility index (Phi) is 7.01. The minimum absolute atomic E-state index is 0.00872. The van der Waals surface area contributed by atoms with Gasteiger partial charge in [0.25, 0.3) is 0 Å². The molecule has 0 atom stereocenters. The van der Waals surface area contributed by atoms with Crippen LogP contribution in [-0.2, 0) is 0 Å². The fraction of sp³-hybridized carbons (Fsp3) is 0.524. The van der Waals surface area contributed by atoms with Crippen molar-refractivity contribution in [2.75, 3.05) is 48.5 Å². The third-order valence-corrected chi connectivity index (χ3v) is 5.76. The Balaban J connectivity index is 1.58. The highest BCUT2D eigenvalue weighted by Gasteiger charge is 2.21. The lowest BCUT2D eigenvalue weighted by Gasteiger charge is -2.30. The number of nitro benzene ring substituents is 1. The van der Waals surface area contributed by atoms with Gasteiger partial charge in [-0.05, 0) is 44.6 Å². The van der Waals surface area contributed by atoms with Gasteiger partial charge in [0.1, 0.15) is 0 Å². The van der Waals surface area contributed by atoms with Crippen molar-refractivity contribution in [1.29, 1.82) is 0 Å². The minimum Gasteiger partial charge on any atom is -0.500 e. The van der Waals surface area contributed by atoms with Crippen LogP contribution in [0.25, 0.3) is 0 Å². The number of nitrogens with zero attached hydrogens (tertiary/aromatic N) is 7. The first-order chi connectivity index (χ1) is 16.0. The molecule has 0 amide bonds. The number of hydrogen-bond acceptors (Lipinski definition) is 11. The molecule has 0 unspecified atom stereocenters. The van der Waals surface area contributed by atoms with Crippen LogP contribution in [0.5, 0.6) is 11.5 Å². The summed E-state index contributed by atoms with van der Waals surface area (Å²) in [4.78, 5) is 28.7. The first-order valence-electron chi connectivity index (χ1n) is 11.2. The number of methoxy groups -OCH3 is 1. The zero-order chi connectivity index (χ0) is 23.2. The number of aromatic hydroxyl groups is 1. The molecule has 4 rings (SSSR count). The molecular formula is C21H28N8O4. The molecule has 2 aromatic rings. The molecule has 2 N–H and O–H groups in total. The number of nitro groups is 1. The summed E-state index contributed by atoms with van der Waals surface area (Å²) in [5.41, 5.74) is 2.75. The van der Waals surface area contributed by atoms with Gasteiger partial charge >= 0.3 is 5.69 Å². The van der Waals surface area contributed by atoms with Gasteiger partial charge in [-0.25, -0.2) is 5.43 Å². The van der Waals surface area contributed by atoms with Crippen molar-refractivity contribution in [3.05, 3.63) is 27.8 Å². The monoisotopic (exact) mass is 456 g/mol. The number of aromatic nitrogens is 3. The van der Waals surface area contributed by atoms with E-state index >= 15 is 0 Å². The molecule has 2 aliphatic heterocycles. The summed E-state index contributed by atoms with van der Waals surface area (Å²) < 4.78 is 5.03. The molecule has 12 heteroatoms. The number of ether oxygens (including phenoxy) is 1. The highest BCUT2D eigenvalue weighted by atomic mass is 16.6. The normalized spacial score (nSPS) is 16.8. The summed E-state index contributed by atoms with van der Waals surface area (Å²) in [6, 6.07) is 2.67. The first kappa shape index (κ1) is 22.5. The smallest absolute Gasteiger partial charge is 0.315 e. The second-order valence-corrected chi connectivity index (χ2v) is 8.07. The quantitative estimate of drug-likeness (QED) is 0.363. The van der Waals surface area contributed by atoms with Gasteiger partial charge in [0.15, 0.2) is 5.75 Å². The van der Waals surface area contributed by atoms with E-state index in [2.05, 4.69) is 30.3 Å². The van der Waals surface area contributed by atoms with E-state index in [-0.39, 0.29) is 5.75 Å². The Morgan fingerprint density at radius 2 is 1.61 bits per heavy atom. The van der Waals surface area contributed by atoms with E-state index in [1.165, 1.54) is 38.3 Å². The van der Waals surface area contributed by atoms with Gasteiger partial charge in [0.2, 0.25) is 23.6 Å². The first-order valence-corrected chi connectivity index (χ1v) is 11.2. The van der Waals surface area contributed by atoms with Gasteiger partial charge in [0.05, 0.1) is 18.2 Å². The summed E-state index contributed by atoms with van der Waals surface area (Å²) in [5, 5.41) is 25.3. The summed E-state index contributed by atoms with van der Waals surface area (Å²) in [7, 11) is 1.33. The number of piperidine rings is 2. The molecule has 0 spiro atoms. The van der Waals surface area contributed by atoms with E-state index in [9.17, 15) is 15.2 Å². The zero-order valence-corrected chi connectivity index (χ0v) is 18.6. The second kappa shape index (κ2) is 10.3. The molecule has 1 aromatic heterocycles. The molecule has 0 radical (unpaired) electrons. The van der Waals surface area contributed by atoms with E-state index in [1.54, 1.807) is 0 Å². The fourth-order valence-electron chi connectivity index (χ4n) is 4.02. The predicted octanol–water partition coefficient (Wildman–Crippen LogP) is 2.92. The summed E-state index contributed by atoms with van der Waals surface area (Å²) in [5.74, 6) is 1.03. The lowest BCUT2D eigenvalue weighted by atomic mass is 10.1. The average Bonchev–Trinajstić information content (AvgIpc) is 2.85. The van der Waals surface area contributed by atoms with Gasteiger partial charge in [-0.3, -0.25) is 10.1 Å². The van der Waals surface area contributed by atoms with Crippen LogP contribution < -0.4 is 20.0 Å². The van der Waals surface area contributed by atoms with E-state index in [0.29, 0.717) is 23.4 Å². The number of rotatable bonds is 7. The van der Waals surface area contributed by atoms with Gasteiger partial charge < -0.3 is 19.6 Å². The van der Waals surface area contributed by atoms with Gasteiger partial charge in [-0.1, -0.05) is 0 Å². The number of benzene rings is 1. The van der Waals surface area contributed by atoms with Crippen molar-refractivity contribution >= 4 is 29.7 Å². The van der Waals surface area contributed by atoms with Crippen molar-refractivity contribution < 1.29 is 14.8 Å². The second-order valence-electron chi connectivity index (χ2n) is 8.07. The third kappa shape index (κ3) is 5.38. The molecule has 3 heterocycles. The van der Waals surface area contributed by atoms with Crippen LogP contribution in [0.3, 0.4) is 0 Å². The Morgan fingerprint density at radius 1 is 1.03 bits per heavy atom. The molecule has 0 bridgehead atoms. The standard InChI is InChI=1S/C21H28N8O4/c1-33-17-13-15(12-16(18(17)30)29(31)32)14-22-26-19-23-20(27-8-4-2-5-9-27)25-21(24-19)28-10-6-3-7-11-28/h12-14,30H,2-11H2,1H3,(H,23,24,25,26). The molecule has 2 fully saturated rings. The zero-order valence-electron chi connectivity index (χ0n) is 18.6. The lowest BCUT2D eigenvalue weighted by molar-refractivity contribution is -0.386. The van der Waals surface area contributed by atoms with Crippen LogP contribution in [-0.4, -0.2) is 64.5 Å². The predicted molar refractivity (Wildman–Crippen MR) is 124 cm³/mol. The molecule has 2 aliphatic rings. The van der Waals surface area contributed by atoms with E-state index in [0.717, 1.165) is 51.9 Å². The van der Waals surface area contributed by atoms with Gasteiger partial charge in [-0.15, -0.1) is 0 Å². The number of hydrazone groups is 1. The van der Waals surface area contributed by atoms with Crippen LogP contribution in [0.4, 0.5) is 23.5 Å². The Labute approximate surface area is 191 Å². The highest BCUT2D eigenvalue weighted by molar-refractivity contribution is 5.83.